The number of carbonyl (C=O) groups is 1. The van der Waals surface area contributed by atoms with Crippen molar-refractivity contribution in [2.75, 3.05) is 0 Å². The molecule has 0 unspecified atom stereocenters. The zero-order valence-electron chi connectivity index (χ0n) is 14.3. The Kier molecular flexibility index (Phi) is 9.61. The van der Waals surface area contributed by atoms with Gasteiger partial charge in [0, 0.05) is 6.42 Å². The highest BCUT2D eigenvalue weighted by atomic mass is 16.4. The summed E-state index contributed by atoms with van der Waals surface area (Å²) in [4.78, 5) is 10.8. The molecule has 1 saturated carbocycles. The van der Waals surface area contributed by atoms with Crippen LogP contribution in [0.15, 0.2) is 30.3 Å². The molecule has 0 saturated heterocycles. The maximum atomic E-state index is 10.8. The molecule has 2 heteroatoms. The molecule has 0 aliphatic heterocycles. The van der Waals surface area contributed by atoms with Crippen molar-refractivity contribution in [2.24, 2.45) is 11.8 Å². The minimum Gasteiger partial charge on any atom is -0.481 e. The quantitative estimate of drug-likeness (QED) is 0.625. The summed E-state index contributed by atoms with van der Waals surface area (Å²) in [6.45, 7) is 4.00. The molecular formula is C20H32O2. The second kappa shape index (κ2) is 11.3. The van der Waals surface area contributed by atoms with Crippen molar-refractivity contribution in [1.82, 2.24) is 0 Å². The van der Waals surface area contributed by atoms with Gasteiger partial charge < -0.3 is 5.11 Å². The lowest BCUT2D eigenvalue weighted by Gasteiger charge is -2.17. The van der Waals surface area contributed by atoms with Crippen molar-refractivity contribution in [2.45, 2.75) is 71.6 Å². The van der Waals surface area contributed by atoms with Crippen molar-refractivity contribution < 1.29 is 9.90 Å². The third kappa shape index (κ3) is 7.11. The molecule has 2 atom stereocenters. The SMILES string of the molecule is CC.O=C(O)C[C@H]1CCC[C@@H]1CCCCCc1ccccc1. The average molecular weight is 304 g/mol. The summed E-state index contributed by atoms with van der Waals surface area (Å²) < 4.78 is 0. The fourth-order valence-corrected chi connectivity index (χ4v) is 3.54. The Balaban J connectivity index is 0.00000116. The zero-order valence-corrected chi connectivity index (χ0v) is 14.3. The van der Waals surface area contributed by atoms with Crippen LogP contribution < -0.4 is 0 Å². The number of carboxylic acids is 1. The molecule has 1 aliphatic rings. The molecule has 0 spiro atoms. The Morgan fingerprint density at radius 1 is 1.05 bits per heavy atom. The Morgan fingerprint density at radius 2 is 1.73 bits per heavy atom. The van der Waals surface area contributed by atoms with Crippen LogP contribution in [0.25, 0.3) is 0 Å². The van der Waals surface area contributed by atoms with E-state index in [0.717, 1.165) is 6.42 Å². The van der Waals surface area contributed by atoms with Crippen LogP contribution in [0.2, 0.25) is 0 Å². The van der Waals surface area contributed by atoms with Gasteiger partial charge in [0.2, 0.25) is 0 Å². The molecule has 1 N–H and O–H groups in total. The van der Waals surface area contributed by atoms with Crippen molar-refractivity contribution in [3.63, 3.8) is 0 Å². The second-order valence-electron chi connectivity index (χ2n) is 6.13. The summed E-state index contributed by atoms with van der Waals surface area (Å²) in [6.07, 6.45) is 10.2. The van der Waals surface area contributed by atoms with Gasteiger partial charge in [-0.2, -0.15) is 0 Å². The number of aryl methyl sites for hydroxylation is 1. The molecule has 22 heavy (non-hydrogen) atoms. The number of aliphatic carboxylic acids is 1. The largest absolute Gasteiger partial charge is 0.481 e. The minimum atomic E-state index is -0.619. The van der Waals surface area contributed by atoms with Crippen LogP contribution in [-0.2, 0) is 11.2 Å². The van der Waals surface area contributed by atoms with Gasteiger partial charge in [-0.25, -0.2) is 0 Å². The van der Waals surface area contributed by atoms with Gasteiger partial charge in [-0.05, 0) is 36.7 Å². The van der Waals surface area contributed by atoms with Crippen molar-refractivity contribution in [3.8, 4) is 0 Å². The fraction of sp³-hybridized carbons (Fsp3) is 0.650. The molecular weight excluding hydrogens is 272 g/mol. The fourth-order valence-electron chi connectivity index (χ4n) is 3.54. The second-order valence-corrected chi connectivity index (χ2v) is 6.13. The monoisotopic (exact) mass is 304 g/mol. The van der Waals surface area contributed by atoms with Crippen molar-refractivity contribution in [3.05, 3.63) is 35.9 Å². The predicted octanol–water partition coefficient (Wildman–Crippen LogP) is 5.71. The molecule has 1 aromatic carbocycles. The standard InChI is InChI=1S/C18H26O2.C2H6/c19-18(20)14-17-13-7-12-16(17)11-6-2-5-10-15-8-3-1-4-9-15;1-2/h1,3-4,8-9,16-17H,2,5-7,10-14H2,(H,19,20);1-2H3/t16-,17+;/m0./s1. The molecule has 0 aromatic heterocycles. The average Bonchev–Trinajstić information content (AvgIpc) is 2.96. The van der Waals surface area contributed by atoms with E-state index in [1.807, 2.05) is 13.8 Å². The number of unbranched alkanes of at least 4 members (excludes halogenated alkanes) is 2. The third-order valence-electron chi connectivity index (χ3n) is 4.64. The Hall–Kier alpha value is -1.31. The van der Waals surface area contributed by atoms with E-state index in [-0.39, 0.29) is 0 Å². The topological polar surface area (TPSA) is 37.3 Å². The lowest BCUT2D eigenvalue weighted by atomic mass is 9.88. The zero-order chi connectivity index (χ0) is 16.2. The van der Waals surface area contributed by atoms with Gasteiger partial charge in [-0.15, -0.1) is 0 Å². The molecule has 2 rings (SSSR count). The first-order chi connectivity index (χ1) is 10.8. The summed E-state index contributed by atoms with van der Waals surface area (Å²) in [6, 6.07) is 10.7. The first kappa shape index (κ1) is 18.7. The first-order valence-electron chi connectivity index (χ1n) is 9.01. The Morgan fingerprint density at radius 3 is 2.41 bits per heavy atom. The summed E-state index contributed by atoms with van der Waals surface area (Å²) in [5, 5.41) is 8.93. The van der Waals surface area contributed by atoms with Gasteiger partial charge in [0.25, 0.3) is 0 Å². The number of carboxylic acid groups (broad SMARTS) is 1. The maximum absolute atomic E-state index is 10.8. The number of hydrogen-bond acceptors (Lipinski definition) is 1. The van der Waals surface area contributed by atoms with Gasteiger partial charge in [0.15, 0.2) is 0 Å². The minimum absolute atomic E-state index is 0.384. The van der Waals surface area contributed by atoms with Crippen LogP contribution in [-0.4, -0.2) is 11.1 Å². The van der Waals surface area contributed by atoms with E-state index < -0.39 is 5.97 Å². The van der Waals surface area contributed by atoms with Gasteiger partial charge in [0.05, 0.1) is 0 Å². The predicted molar refractivity (Wildman–Crippen MR) is 93.0 cm³/mol. The molecule has 0 amide bonds. The highest BCUT2D eigenvalue weighted by Gasteiger charge is 2.28. The van der Waals surface area contributed by atoms with Gasteiger partial charge in [0.1, 0.15) is 0 Å². The van der Waals surface area contributed by atoms with Crippen LogP contribution in [0.3, 0.4) is 0 Å². The lowest BCUT2D eigenvalue weighted by molar-refractivity contribution is -0.138. The Labute approximate surface area is 135 Å². The summed E-state index contributed by atoms with van der Waals surface area (Å²) >= 11 is 0. The van der Waals surface area contributed by atoms with E-state index in [2.05, 4.69) is 30.3 Å². The highest BCUT2D eigenvalue weighted by molar-refractivity contribution is 5.67. The summed E-state index contributed by atoms with van der Waals surface area (Å²) in [5.74, 6) is 0.496. The molecule has 2 nitrogen and oxygen atoms in total. The van der Waals surface area contributed by atoms with E-state index in [4.69, 9.17) is 5.11 Å². The normalized spacial score (nSPS) is 20.3. The van der Waals surface area contributed by atoms with E-state index >= 15 is 0 Å². The van der Waals surface area contributed by atoms with Gasteiger partial charge in [-0.3, -0.25) is 4.79 Å². The smallest absolute Gasteiger partial charge is 0.303 e. The Bertz CT molecular complexity index is 399. The number of hydrogen-bond donors (Lipinski definition) is 1. The van der Waals surface area contributed by atoms with Gasteiger partial charge in [-0.1, -0.05) is 76.3 Å². The lowest BCUT2D eigenvalue weighted by Crippen LogP contribution is -2.12. The maximum Gasteiger partial charge on any atom is 0.303 e. The molecule has 1 fully saturated rings. The van der Waals surface area contributed by atoms with E-state index in [0.29, 0.717) is 18.3 Å². The highest BCUT2D eigenvalue weighted by Crippen LogP contribution is 2.37. The van der Waals surface area contributed by atoms with Crippen LogP contribution in [0.5, 0.6) is 0 Å². The van der Waals surface area contributed by atoms with Crippen LogP contribution in [0.1, 0.15) is 70.8 Å². The van der Waals surface area contributed by atoms with E-state index in [9.17, 15) is 4.79 Å². The van der Waals surface area contributed by atoms with Crippen LogP contribution in [0.4, 0.5) is 0 Å². The van der Waals surface area contributed by atoms with Crippen LogP contribution in [0, 0.1) is 11.8 Å². The molecule has 1 aromatic rings. The van der Waals surface area contributed by atoms with Gasteiger partial charge >= 0.3 is 5.97 Å². The molecule has 0 heterocycles. The molecule has 0 bridgehead atoms. The summed E-state index contributed by atoms with van der Waals surface area (Å²) in [7, 11) is 0. The first-order valence-corrected chi connectivity index (χ1v) is 9.01. The molecule has 1 aliphatic carbocycles. The van der Waals surface area contributed by atoms with Crippen molar-refractivity contribution in [1.29, 1.82) is 0 Å². The van der Waals surface area contributed by atoms with Crippen LogP contribution >= 0.6 is 0 Å². The number of benzene rings is 1. The van der Waals surface area contributed by atoms with E-state index in [1.165, 1.54) is 50.5 Å². The van der Waals surface area contributed by atoms with E-state index in [1.54, 1.807) is 0 Å². The summed E-state index contributed by atoms with van der Waals surface area (Å²) in [5.41, 5.74) is 1.43. The molecule has 0 radical (unpaired) electrons. The number of rotatable bonds is 8. The van der Waals surface area contributed by atoms with Crippen molar-refractivity contribution >= 4 is 5.97 Å². The molecule has 124 valence electrons. The third-order valence-corrected chi connectivity index (χ3v) is 4.64.